The van der Waals surface area contributed by atoms with E-state index >= 15 is 0 Å². The van der Waals surface area contributed by atoms with Crippen molar-refractivity contribution in [2.45, 2.75) is 24.9 Å². The molecule has 1 aliphatic rings. The molecular weight excluding hydrogens is 564 g/mol. The van der Waals surface area contributed by atoms with Crippen LogP contribution in [0.2, 0.25) is 0 Å². The van der Waals surface area contributed by atoms with Gasteiger partial charge in [0.05, 0.1) is 47.6 Å². The molecule has 3 atom stereocenters. The second-order valence-corrected chi connectivity index (χ2v) is 8.44. The van der Waals surface area contributed by atoms with Crippen LogP contribution < -0.4 is 0 Å². The van der Waals surface area contributed by atoms with Crippen LogP contribution >= 0.6 is 45.5 Å². The van der Waals surface area contributed by atoms with Crippen molar-refractivity contribution in [2.75, 3.05) is 20.3 Å². The SMILES string of the molecule is C=CCOC1CC(n2cc(I)c3c(/N=C\N(C)I)ncnc32)OC1CO. The molecule has 3 unspecified atom stereocenters. The molecule has 2 aromatic heterocycles. The van der Waals surface area contributed by atoms with Crippen molar-refractivity contribution in [3.8, 4) is 0 Å². The number of aliphatic hydroxyl groups is 1. The van der Waals surface area contributed by atoms with E-state index in [4.69, 9.17) is 9.47 Å². The maximum Gasteiger partial charge on any atom is 0.167 e. The first-order chi connectivity index (χ1) is 12.5. The van der Waals surface area contributed by atoms with Gasteiger partial charge in [0, 0.05) is 23.2 Å². The number of hydrogen-bond acceptors (Lipinski definition) is 6. The van der Waals surface area contributed by atoms with E-state index in [0.717, 1.165) is 14.6 Å². The Hall–Kier alpha value is -0.830. The van der Waals surface area contributed by atoms with Crippen LogP contribution in [0, 0.1) is 3.57 Å². The quantitative estimate of drug-likeness (QED) is 0.178. The fourth-order valence-corrected chi connectivity index (χ4v) is 3.79. The average molecular weight is 583 g/mol. The molecule has 1 saturated heterocycles. The van der Waals surface area contributed by atoms with Crippen molar-refractivity contribution in [2.24, 2.45) is 4.99 Å². The van der Waals surface area contributed by atoms with E-state index in [9.17, 15) is 5.11 Å². The highest BCUT2D eigenvalue weighted by Gasteiger charge is 2.37. The van der Waals surface area contributed by atoms with E-state index in [1.165, 1.54) is 6.33 Å². The molecule has 2 aromatic rings. The third-order valence-corrected chi connectivity index (χ3v) is 5.05. The van der Waals surface area contributed by atoms with Gasteiger partial charge in [0.1, 0.15) is 30.6 Å². The molecule has 0 amide bonds. The molecule has 26 heavy (non-hydrogen) atoms. The zero-order chi connectivity index (χ0) is 18.7. The largest absolute Gasteiger partial charge is 0.394 e. The number of fused-ring (bicyclic) bond motifs is 1. The van der Waals surface area contributed by atoms with Crippen molar-refractivity contribution in [1.29, 1.82) is 0 Å². The van der Waals surface area contributed by atoms with Crippen LogP contribution in [0.25, 0.3) is 11.0 Å². The topological polar surface area (TPSA) is 85.0 Å². The molecule has 3 heterocycles. The first kappa shape index (κ1) is 19.9. The number of hydrogen-bond donors (Lipinski definition) is 1. The van der Waals surface area contributed by atoms with Gasteiger partial charge >= 0.3 is 0 Å². The summed E-state index contributed by atoms with van der Waals surface area (Å²) in [6, 6.07) is 0. The smallest absolute Gasteiger partial charge is 0.167 e. The summed E-state index contributed by atoms with van der Waals surface area (Å²) < 4.78 is 16.5. The average Bonchev–Trinajstić information content (AvgIpc) is 3.19. The summed E-state index contributed by atoms with van der Waals surface area (Å²) in [4.78, 5) is 13.2. The lowest BCUT2D eigenvalue weighted by Crippen LogP contribution is -2.27. The molecule has 0 radical (unpaired) electrons. The van der Waals surface area contributed by atoms with Crippen LogP contribution in [0.5, 0.6) is 0 Å². The summed E-state index contributed by atoms with van der Waals surface area (Å²) in [5, 5.41) is 10.5. The van der Waals surface area contributed by atoms with Crippen LogP contribution in [-0.4, -0.2) is 61.6 Å². The molecule has 1 aliphatic heterocycles. The number of aliphatic imine (C=N–C) groups is 1. The molecular formula is C16H19I2N5O3. The van der Waals surface area contributed by atoms with Gasteiger partial charge in [-0.3, -0.25) is 0 Å². The Bertz CT molecular complexity index is 811. The van der Waals surface area contributed by atoms with Crippen molar-refractivity contribution >= 4 is 68.6 Å². The molecule has 0 spiro atoms. The van der Waals surface area contributed by atoms with E-state index in [1.54, 1.807) is 12.4 Å². The Morgan fingerprint density at radius 3 is 3.08 bits per heavy atom. The van der Waals surface area contributed by atoms with E-state index in [-0.39, 0.29) is 25.0 Å². The standard InChI is InChI=1S/C16H19I2N5O3/c1-3-4-25-11-5-13(26-12(11)7-24)23-6-10(17)14-15(21-9-22(2)18)19-8-20-16(14)23/h3,6,8-9,11-13,24H,1,4-5,7H2,2H3/b21-9-. The van der Waals surface area contributed by atoms with Crippen molar-refractivity contribution < 1.29 is 14.6 Å². The van der Waals surface area contributed by atoms with E-state index in [1.807, 2.05) is 20.9 Å². The fourth-order valence-electron chi connectivity index (χ4n) is 2.88. The zero-order valence-corrected chi connectivity index (χ0v) is 18.4. The van der Waals surface area contributed by atoms with Crippen molar-refractivity contribution in [3.63, 3.8) is 0 Å². The fraction of sp³-hybridized carbons (Fsp3) is 0.438. The molecule has 1 fully saturated rings. The maximum absolute atomic E-state index is 9.59. The van der Waals surface area contributed by atoms with Gasteiger partial charge < -0.3 is 22.3 Å². The minimum atomic E-state index is -0.373. The third kappa shape index (κ3) is 4.18. The van der Waals surface area contributed by atoms with Gasteiger partial charge in [0.2, 0.25) is 0 Å². The molecule has 3 rings (SSSR count). The lowest BCUT2D eigenvalue weighted by atomic mass is 10.2. The summed E-state index contributed by atoms with van der Waals surface area (Å²) in [5.74, 6) is 0.609. The summed E-state index contributed by atoms with van der Waals surface area (Å²) in [7, 11) is 1.89. The highest BCUT2D eigenvalue weighted by molar-refractivity contribution is 14.1. The molecule has 0 bridgehead atoms. The Morgan fingerprint density at radius 2 is 2.38 bits per heavy atom. The maximum atomic E-state index is 9.59. The highest BCUT2D eigenvalue weighted by atomic mass is 127. The van der Waals surface area contributed by atoms with Gasteiger partial charge in [-0.2, -0.15) is 0 Å². The van der Waals surface area contributed by atoms with Crippen LogP contribution in [0.1, 0.15) is 12.6 Å². The number of halogens is 2. The molecule has 140 valence electrons. The zero-order valence-electron chi connectivity index (χ0n) is 14.1. The molecule has 8 nitrogen and oxygen atoms in total. The monoisotopic (exact) mass is 583 g/mol. The van der Waals surface area contributed by atoms with Gasteiger partial charge in [0.15, 0.2) is 5.82 Å². The lowest BCUT2D eigenvalue weighted by Gasteiger charge is -2.15. The van der Waals surface area contributed by atoms with Crippen LogP contribution in [0.3, 0.4) is 0 Å². The van der Waals surface area contributed by atoms with Gasteiger partial charge in [-0.1, -0.05) is 6.08 Å². The Morgan fingerprint density at radius 1 is 1.58 bits per heavy atom. The first-order valence-electron chi connectivity index (χ1n) is 7.97. The minimum Gasteiger partial charge on any atom is -0.394 e. The van der Waals surface area contributed by atoms with Crippen LogP contribution in [0.4, 0.5) is 5.82 Å². The summed E-state index contributed by atoms with van der Waals surface area (Å²) >= 11 is 4.38. The lowest BCUT2D eigenvalue weighted by molar-refractivity contribution is -0.0560. The number of aromatic nitrogens is 3. The Kier molecular flexibility index (Phi) is 6.82. The van der Waals surface area contributed by atoms with Crippen LogP contribution in [-0.2, 0) is 9.47 Å². The first-order valence-corrected chi connectivity index (χ1v) is 10.0. The normalized spacial score (nSPS) is 23.2. The molecule has 0 saturated carbocycles. The Balaban J connectivity index is 1.94. The van der Waals surface area contributed by atoms with E-state index in [0.29, 0.717) is 18.8 Å². The number of nitrogens with zero attached hydrogens (tertiary/aromatic N) is 5. The second kappa shape index (κ2) is 8.91. The minimum absolute atomic E-state index is 0.0961. The summed E-state index contributed by atoms with van der Waals surface area (Å²) in [6.45, 7) is 3.99. The Labute approximate surface area is 178 Å². The van der Waals surface area contributed by atoms with Crippen molar-refractivity contribution in [1.82, 2.24) is 17.6 Å². The molecule has 10 heteroatoms. The molecule has 0 aliphatic carbocycles. The summed E-state index contributed by atoms with van der Waals surface area (Å²) in [6.07, 6.45) is 6.65. The van der Waals surface area contributed by atoms with Gasteiger partial charge in [-0.05, 0) is 22.6 Å². The number of aliphatic hydroxyl groups excluding tert-OH is 1. The van der Waals surface area contributed by atoms with Gasteiger partial charge in [-0.15, -0.1) is 6.58 Å². The molecule has 0 aromatic carbocycles. The second-order valence-electron chi connectivity index (χ2n) is 5.76. The van der Waals surface area contributed by atoms with E-state index in [2.05, 4.69) is 67.0 Å². The predicted octanol–water partition coefficient (Wildman–Crippen LogP) is 2.83. The van der Waals surface area contributed by atoms with Crippen molar-refractivity contribution in [3.05, 3.63) is 28.7 Å². The van der Waals surface area contributed by atoms with Gasteiger partial charge in [0.25, 0.3) is 0 Å². The predicted molar refractivity (Wildman–Crippen MR) is 116 cm³/mol. The summed E-state index contributed by atoms with van der Waals surface area (Å²) in [5.41, 5.74) is 0.749. The third-order valence-electron chi connectivity index (χ3n) is 3.98. The van der Waals surface area contributed by atoms with Crippen LogP contribution in [0.15, 0.2) is 30.2 Å². The molecule has 1 N–H and O–H groups in total. The number of ether oxygens (including phenoxy) is 2. The highest BCUT2D eigenvalue weighted by Crippen LogP contribution is 2.36. The number of rotatable bonds is 7. The van der Waals surface area contributed by atoms with Gasteiger partial charge in [-0.25, -0.2) is 15.0 Å². The van der Waals surface area contributed by atoms with E-state index < -0.39 is 0 Å².